The van der Waals surface area contributed by atoms with Crippen LogP contribution in [0.4, 0.5) is 5.69 Å². The molecule has 0 aliphatic heterocycles. The van der Waals surface area contributed by atoms with Crippen LogP contribution in [-0.4, -0.2) is 46.6 Å². The summed E-state index contributed by atoms with van der Waals surface area (Å²) in [5, 5.41) is 9.99. The molecule has 1 aromatic carbocycles. The molecule has 7 heteroatoms. The van der Waals surface area contributed by atoms with Gasteiger partial charge in [-0.3, -0.25) is 14.3 Å². The number of hydrogen-bond acceptors (Lipinski definition) is 4. The van der Waals surface area contributed by atoms with Crippen molar-refractivity contribution < 1.29 is 9.59 Å². The zero-order valence-corrected chi connectivity index (χ0v) is 15.8. The first-order valence-electron chi connectivity index (χ1n) is 8.81. The predicted octanol–water partition coefficient (Wildman–Crippen LogP) is 1.73. The van der Waals surface area contributed by atoms with Crippen LogP contribution in [0, 0.1) is 0 Å². The van der Waals surface area contributed by atoms with Crippen LogP contribution >= 0.6 is 0 Å². The molecule has 0 radical (unpaired) electrons. The smallest absolute Gasteiger partial charge is 0.246 e. The third-order valence-corrected chi connectivity index (χ3v) is 4.30. The van der Waals surface area contributed by atoms with E-state index in [9.17, 15) is 9.59 Å². The van der Waals surface area contributed by atoms with Gasteiger partial charge in [0.25, 0.3) is 0 Å². The van der Waals surface area contributed by atoms with Crippen LogP contribution in [0.2, 0.25) is 0 Å². The van der Waals surface area contributed by atoms with Gasteiger partial charge in [-0.2, -0.15) is 5.10 Å². The number of aromatic nitrogens is 2. The number of likely N-dealkylation sites (N-methyl/N-ethyl adjacent to an activating group) is 2. The second-order valence-corrected chi connectivity index (χ2v) is 6.10. The van der Waals surface area contributed by atoms with Crippen LogP contribution in [-0.2, 0) is 23.1 Å². The van der Waals surface area contributed by atoms with E-state index in [1.165, 1.54) is 0 Å². The Morgan fingerprint density at radius 2 is 1.85 bits per heavy atom. The largest absolute Gasteiger partial charge is 0.343 e. The van der Waals surface area contributed by atoms with Crippen LogP contribution in [0.5, 0.6) is 0 Å². The number of benzene rings is 1. The fourth-order valence-corrected chi connectivity index (χ4v) is 2.82. The summed E-state index contributed by atoms with van der Waals surface area (Å²) in [6.45, 7) is 5.37. The van der Waals surface area contributed by atoms with Crippen molar-refractivity contribution in [3.05, 3.63) is 47.8 Å². The number of anilines is 1. The van der Waals surface area contributed by atoms with Gasteiger partial charge in [-0.15, -0.1) is 0 Å². The minimum atomic E-state index is -0.479. The molecule has 0 aliphatic rings. The number of amides is 2. The van der Waals surface area contributed by atoms with Crippen LogP contribution in [0.15, 0.2) is 36.7 Å². The van der Waals surface area contributed by atoms with Crippen molar-refractivity contribution >= 4 is 17.5 Å². The first-order chi connectivity index (χ1) is 12.5. The fourth-order valence-electron chi connectivity index (χ4n) is 2.82. The minimum absolute atomic E-state index is 0.110. The lowest BCUT2D eigenvalue weighted by Crippen LogP contribution is -2.31. The van der Waals surface area contributed by atoms with E-state index >= 15 is 0 Å². The molecule has 0 fully saturated rings. The lowest BCUT2D eigenvalue weighted by atomic mass is 10.1. The van der Waals surface area contributed by atoms with Crippen molar-refractivity contribution in [3.8, 4) is 0 Å². The number of aryl methyl sites for hydroxylation is 1. The first kappa shape index (κ1) is 19.7. The van der Waals surface area contributed by atoms with Gasteiger partial charge in [0.2, 0.25) is 11.8 Å². The molecule has 0 saturated heterocycles. The highest BCUT2D eigenvalue weighted by atomic mass is 16.2. The Morgan fingerprint density at radius 3 is 2.35 bits per heavy atom. The molecular formula is C19H27N5O2. The van der Waals surface area contributed by atoms with E-state index in [0.717, 1.165) is 11.1 Å². The average Bonchev–Trinajstić information content (AvgIpc) is 3.04. The highest BCUT2D eigenvalue weighted by Gasteiger charge is 2.20. The zero-order valence-electron chi connectivity index (χ0n) is 15.8. The van der Waals surface area contributed by atoms with Gasteiger partial charge in [0.1, 0.15) is 6.04 Å². The van der Waals surface area contributed by atoms with E-state index in [-0.39, 0.29) is 11.8 Å². The van der Waals surface area contributed by atoms with Gasteiger partial charge in [0.05, 0.1) is 12.6 Å². The number of carbonyl (C=O) groups is 2. The summed E-state index contributed by atoms with van der Waals surface area (Å²) in [7, 11) is 3.55. The minimum Gasteiger partial charge on any atom is -0.343 e. The summed E-state index contributed by atoms with van der Waals surface area (Å²) >= 11 is 0. The Hall–Kier alpha value is -2.67. The lowest BCUT2D eigenvalue weighted by Gasteiger charge is -2.18. The second-order valence-electron chi connectivity index (χ2n) is 6.10. The Labute approximate surface area is 154 Å². The molecule has 1 unspecified atom stereocenters. The van der Waals surface area contributed by atoms with Gasteiger partial charge in [-0.1, -0.05) is 12.1 Å². The topological polar surface area (TPSA) is 79.3 Å². The van der Waals surface area contributed by atoms with E-state index in [4.69, 9.17) is 0 Å². The number of rotatable bonds is 8. The molecule has 0 spiro atoms. The molecule has 0 saturated carbocycles. The molecule has 2 amide bonds. The number of nitrogens with one attached hydrogen (secondary N) is 2. The van der Waals surface area contributed by atoms with Gasteiger partial charge in [0.15, 0.2) is 0 Å². The van der Waals surface area contributed by atoms with Gasteiger partial charge >= 0.3 is 0 Å². The predicted molar refractivity (Wildman–Crippen MR) is 102 cm³/mol. The Kier molecular flexibility index (Phi) is 6.91. The Balaban J connectivity index is 1.99. The molecule has 0 aliphatic carbocycles. The zero-order chi connectivity index (χ0) is 19.1. The van der Waals surface area contributed by atoms with E-state index in [1.807, 2.05) is 51.4 Å². The third-order valence-electron chi connectivity index (χ3n) is 4.30. The maximum absolute atomic E-state index is 12.5. The van der Waals surface area contributed by atoms with Crippen LogP contribution < -0.4 is 10.6 Å². The van der Waals surface area contributed by atoms with E-state index in [1.54, 1.807) is 22.8 Å². The SMILES string of the molecule is CCN(CC)C(=O)Cc1ccc(NC(=O)C(NC)c2cnn(C)c2)cc1. The maximum Gasteiger partial charge on any atom is 0.246 e. The number of nitrogens with zero attached hydrogens (tertiary/aromatic N) is 3. The Morgan fingerprint density at radius 1 is 1.19 bits per heavy atom. The summed E-state index contributed by atoms with van der Waals surface area (Å²) in [5.74, 6) is -0.0499. The highest BCUT2D eigenvalue weighted by molar-refractivity contribution is 5.95. The van der Waals surface area contributed by atoms with Crippen molar-refractivity contribution in [2.24, 2.45) is 7.05 Å². The average molecular weight is 357 g/mol. The van der Waals surface area contributed by atoms with Crippen LogP contribution in [0.3, 0.4) is 0 Å². The van der Waals surface area contributed by atoms with Crippen molar-refractivity contribution in [2.45, 2.75) is 26.3 Å². The molecular weight excluding hydrogens is 330 g/mol. The van der Waals surface area contributed by atoms with Gasteiger partial charge in [-0.05, 0) is 38.6 Å². The standard InChI is InChI=1S/C19H27N5O2/c1-5-24(6-2)17(25)11-14-7-9-16(10-8-14)22-19(26)18(20-3)15-12-21-23(4)13-15/h7-10,12-13,18,20H,5-6,11H2,1-4H3,(H,22,26). The molecule has 0 bridgehead atoms. The Bertz CT molecular complexity index is 735. The van der Waals surface area contributed by atoms with Crippen molar-refractivity contribution in [1.82, 2.24) is 20.0 Å². The summed E-state index contributed by atoms with van der Waals surface area (Å²) < 4.78 is 1.66. The molecule has 2 rings (SSSR count). The van der Waals surface area contributed by atoms with Gasteiger partial charge < -0.3 is 15.5 Å². The molecule has 2 N–H and O–H groups in total. The quantitative estimate of drug-likeness (QED) is 0.754. The van der Waals surface area contributed by atoms with Gasteiger partial charge in [-0.25, -0.2) is 0 Å². The van der Waals surface area contributed by atoms with Crippen molar-refractivity contribution in [2.75, 3.05) is 25.5 Å². The number of hydrogen-bond donors (Lipinski definition) is 2. The molecule has 1 atom stereocenters. The highest BCUT2D eigenvalue weighted by Crippen LogP contribution is 2.16. The van der Waals surface area contributed by atoms with E-state index in [2.05, 4.69) is 15.7 Å². The van der Waals surface area contributed by atoms with Crippen molar-refractivity contribution in [1.29, 1.82) is 0 Å². The van der Waals surface area contributed by atoms with E-state index < -0.39 is 6.04 Å². The third kappa shape index (κ3) is 4.92. The molecule has 140 valence electrons. The second kappa shape index (κ2) is 9.15. The van der Waals surface area contributed by atoms with Gasteiger partial charge in [0, 0.05) is 37.6 Å². The number of carbonyl (C=O) groups excluding carboxylic acids is 2. The van der Waals surface area contributed by atoms with Crippen LogP contribution in [0.25, 0.3) is 0 Å². The first-order valence-corrected chi connectivity index (χ1v) is 8.81. The molecule has 1 heterocycles. The molecule has 26 heavy (non-hydrogen) atoms. The summed E-state index contributed by atoms with van der Waals surface area (Å²) in [6, 6.07) is 6.90. The summed E-state index contributed by atoms with van der Waals surface area (Å²) in [5.41, 5.74) is 2.42. The molecule has 1 aromatic heterocycles. The van der Waals surface area contributed by atoms with Crippen LogP contribution in [0.1, 0.15) is 31.0 Å². The molecule has 2 aromatic rings. The van der Waals surface area contributed by atoms with Crippen molar-refractivity contribution in [3.63, 3.8) is 0 Å². The summed E-state index contributed by atoms with van der Waals surface area (Å²) in [6.07, 6.45) is 3.84. The molecule has 7 nitrogen and oxygen atoms in total. The fraction of sp³-hybridized carbons (Fsp3) is 0.421. The maximum atomic E-state index is 12.5. The monoisotopic (exact) mass is 357 g/mol. The van der Waals surface area contributed by atoms with E-state index in [0.29, 0.717) is 25.2 Å². The normalized spacial score (nSPS) is 11.8. The lowest BCUT2D eigenvalue weighted by molar-refractivity contribution is -0.130. The summed E-state index contributed by atoms with van der Waals surface area (Å²) in [4.78, 5) is 26.5.